The number of nitrogens with one attached hydrogen (secondary N) is 1. The van der Waals surface area contributed by atoms with Crippen molar-refractivity contribution in [3.8, 4) is 0 Å². The molecule has 0 saturated carbocycles. The van der Waals surface area contributed by atoms with Gasteiger partial charge in [-0.15, -0.1) is 0 Å². The molecule has 1 unspecified atom stereocenters. The molecule has 0 bridgehead atoms. The number of para-hydroxylation sites is 1. The minimum absolute atomic E-state index is 0.0227. The predicted molar refractivity (Wildman–Crippen MR) is 124 cm³/mol. The van der Waals surface area contributed by atoms with E-state index < -0.39 is 12.3 Å². The van der Waals surface area contributed by atoms with Gasteiger partial charge >= 0.3 is 11.9 Å². The number of hydrogen-bond donors (Lipinski definition) is 2. The number of aliphatic hydroxyl groups is 1. The molecule has 2 rings (SSSR count). The molecule has 0 aliphatic carbocycles. The fraction of sp³-hybridized carbons (Fsp3) is 0.250. The van der Waals surface area contributed by atoms with Gasteiger partial charge in [-0.1, -0.05) is 36.9 Å². The molecular weight excluding hydrogens is 483 g/mol. The van der Waals surface area contributed by atoms with Crippen LogP contribution in [0.25, 0.3) is 0 Å². The number of esters is 2. The first kappa shape index (κ1) is 29.3. The summed E-state index contributed by atoms with van der Waals surface area (Å²) in [5, 5.41) is 12.0. The summed E-state index contributed by atoms with van der Waals surface area (Å²) in [6.07, 6.45) is -1.05. The van der Waals surface area contributed by atoms with E-state index in [9.17, 15) is 9.59 Å². The van der Waals surface area contributed by atoms with E-state index in [4.69, 9.17) is 39.9 Å². The summed E-state index contributed by atoms with van der Waals surface area (Å²) in [5.74, 6) is -0.664. The van der Waals surface area contributed by atoms with Crippen LogP contribution in [0.3, 0.4) is 0 Å². The van der Waals surface area contributed by atoms with Gasteiger partial charge in [0.2, 0.25) is 16.5 Å². The first-order valence-electron chi connectivity index (χ1n) is 8.74. The maximum absolute atomic E-state index is 10.5. The van der Waals surface area contributed by atoms with Crippen LogP contribution in [0.2, 0.25) is 15.6 Å². The molecule has 0 aliphatic heterocycles. The van der Waals surface area contributed by atoms with Crippen LogP contribution >= 0.6 is 34.8 Å². The van der Waals surface area contributed by atoms with E-state index in [1.54, 1.807) is 19.1 Å². The van der Waals surface area contributed by atoms with Crippen molar-refractivity contribution in [2.75, 3.05) is 12.4 Å². The van der Waals surface area contributed by atoms with Crippen molar-refractivity contribution in [2.24, 2.45) is 0 Å². The molecule has 0 fully saturated rings. The number of carbonyl (C=O) groups is 2. The maximum atomic E-state index is 10.5. The lowest BCUT2D eigenvalue weighted by Crippen LogP contribution is -2.13. The molecule has 174 valence electrons. The molecule has 12 heteroatoms. The van der Waals surface area contributed by atoms with Crippen molar-refractivity contribution in [2.45, 2.75) is 27.1 Å². The number of carbonyl (C=O) groups excluding carboxylic acids is 2. The Morgan fingerprint density at radius 2 is 1.50 bits per heavy atom. The number of nitrogens with zero attached hydrogens (tertiary/aromatic N) is 3. The number of rotatable bonds is 5. The number of anilines is 2. The summed E-state index contributed by atoms with van der Waals surface area (Å²) >= 11 is 17.2. The summed E-state index contributed by atoms with van der Waals surface area (Å²) in [4.78, 5) is 32.0. The molecule has 0 spiro atoms. The van der Waals surface area contributed by atoms with Crippen molar-refractivity contribution >= 4 is 58.4 Å². The van der Waals surface area contributed by atoms with Gasteiger partial charge in [0.1, 0.15) is 0 Å². The van der Waals surface area contributed by atoms with Gasteiger partial charge < -0.3 is 19.9 Å². The maximum Gasteiger partial charge on any atom is 0.335 e. The fourth-order valence-electron chi connectivity index (χ4n) is 1.49. The second-order valence-corrected chi connectivity index (χ2v) is 6.94. The third-order valence-electron chi connectivity index (χ3n) is 2.86. The quantitative estimate of drug-likeness (QED) is 0.336. The molecule has 2 aromatic rings. The van der Waals surface area contributed by atoms with Gasteiger partial charge in [-0.25, -0.2) is 9.59 Å². The zero-order valence-corrected chi connectivity index (χ0v) is 20.1. The Hall–Kier alpha value is -2.72. The van der Waals surface area contributed by atoms with E-state index in [0.717, 1.165) is 0 Å². The lowest BCUT2D eigenvalue weighted by molar-refractivity contribution is -0.159. The van der Waals surface area contributed by atoms with Crippen LogP contribution in [0.1, 0.15) is 20.8 Å². The van der Waals surface area contributed by atoms with Crippen LogP contribution in [-0.4, -0.2) is 45.4 Å². The summed E-state index contributed by atoms with van der Waals surface area (Å²) in [6.45, 7) is 11.2. The molecule has 32 heavy (non-hydrogen) atoms. The van der Waals surface area contributed by atoms with Gasteiger partial charge in [0.05, 0.1) is 17.8 Å². The topological polar surface area (TPSA) is 124 Å². The molecule has 9 nitrogen and oxygen atoms in total. The lowest BCUT2D eigenvalue weighted by atomic mass is 10.3. The molecule has 1 aromatic carbocycles. The molecule has 0 saturated heterocycles. The second-order valence-electron chi connectivity index (χ2n) is 5.86. The highest BCUT2D eigenvalue weighted by molar-refractivity contribution is 6.33. The Labute approximate surface area is 201 Å². The van der Waals surface area contributed by atoms with E-state index in [0.29, 0.717) is 16.3 Å². The van der Waals surface area contributed by atoms with Gasteiger partial charge in [-0.05, 0) is 56.1 Å². The number of halogens is 3. The Kier molecular flexibility index (Phi) is 13.9. The number of benzene rings is 1. The Morgan fingerprint density at radius 3 is 1.84 bits per heavy atom. The van der Waals surface area contributed by atoms with E-state index in [1.807, 2.05) is 12.1 Å². The number of hydrogen-bond acceptors (Lipinski definition) is 9. The van der Waals surface area contributed by atoms with Crippen molar-refractivity contribution in [3.63, 3.8) is 0 Å². The first-order chi connectivity index (χ1) is 14.9. The monoisotopic (exact) mass is 504 g/mol. The molecule has 1 atom stereocenters. The SMILES string of the molecule is C=C(C)C(=O)OC.C=C(C)C(=O)OC(C)O.Clc1nc(Cl)nc(Nc2ccccc2Cl)n1. The fourth-order valence-corrected chi connectivity index (χ4v) is 2.04. The van der Waals surface area contributed by atoms with Crippen molar-refractivity contribution in [1.82, 2.24) is 15.0 Å². The van der Waals surface area contributed by atoms with Crippen LogP contribution in [-0.2, 0) is 19.1 Å². The highest BCUT2D eigenvalue weighted by atomic mass is 35.5. The Morgan fingerprint density at radius 1 is 1.00 bits per heavy atom. The molecule has 2 N–H and O–H groups in total. The van der Waals surface area contributed by atoms with E-state index in [-0.39, 0.29) is 28.1 Å². The first-order valence-corrected chi connectivity index (χ1v) is 9.87. The number of aromatic nitrogens is 3. The second kappa shape index (κ2) is 15.1. The lowest BCUT2D eigenvalue weighted by Gasteiger charge is -2.06. The summed E-state index contributed by atoms with van der Waals surface area (Å²) in [6, 6.07) is 7.18. The van der Waals surface area contributed by atoms with E-state index in [1.165, 1.54) is 21.0 Å². The van der Waals surface area contributed by atoms with Crippen LogP contribution < -0.4 is 5.32 Å². The molecule has 0 amide bonds. The van der Waals surface area contributed by atoms with Gasteiger partial charge in [0, 0.05) is 11.1 Å². The average Bonchev–Trinajstić information content (AvgIpc) is 2.68. The van der Waals surface area contributed by atoms with Crippen LogP contribution in [0.5, 0.6) is 0 Å². The number of ether oxygens (including phenoxy) is 2. The van der Waals surface area contributed by atoms with Crippen molar-refractivity contribution in [3.05, 3.63) is 64.2 Å². The van der Waals surface area contributed by atoms with Crippen LogP contribution in [0.15, 0.2) is 48.6 Å². The highest BCUT2D eigenvalue weighted by Crippen LogP contribution is 2.23. The largest absolute Gasteiger partial charge is 0.466 e. The highest BCUT2D eigenvalue weighted by Gasteiger charge is 2.06. The van der Waals surface area contributed by atoms with Crippen molar-refractivity contribution < 1.29 is 24.2 Å². The minimum Gasteiger partial charge on any atom is -0.466 e. The summed E-state index contributed by atoms with van der Waals surface area (Å²) in [5.41, 5.74) is 1.39. The molecule has 1 aromatic heterocycles. The minimum atomic E-state index is -1.05. The third-order valence-corrected chi connectivity index (χ3v) is 3.53. The van der Waals surface area contributed by atoms with Crippen molar-refractivity contribution in [1.29, 1.82) is 0 Å². The third kappa shape index (κ3) is 12.9. The predicted octanol–water partition coefficient (Wildman–Crippen LogP) is 4.75. The Bertz CT molecular complexity index is 934. The molecule has 1 heterocycles. The zero-order valence-electron chi connectivity index (χ0n) is 17.9. The van der Waals surface area contributed by atoms with E-state index >= 15 is 0 Å². The Balaban J connectivity index is 0.000000512. The zero-order chi connectivity index (χ0) is 24.8. The van der Waals surface area contributed by atoms with Gasteiger partial charge in [-0.3, -0.25) is 0 Å². The van der Waals surface area contributed by atoms with Gasteiger partial charge in [0.25, 0.3) is 0 Å². The number of aliphatic hydroxyl groups excluding tert-OH is 1. The molecular formula is C20H23Cl3N4O5. The smallest absolute Gasteiger partial charge is 0.335 e. The normalized spacial score (nSPS) is 10.2. The number of methoxy groups -OCH3 is 1. The molecule has 0 radical (unpaired) electrons. The van der Waals surface area contributed by atoms with E-state index in [2.05, 4.69) is 42.9 Å². The van der Waals surface area contributed by atoms with Crippen LogP contribution in [0, 0.1) is 0 Å². The van der Waals surface area contributed by atoms with Gasteiger partial charge in [0.15, 0.2) is 6.29 Å². The average molecular weight is 506 g/mol. The van der Waals surface area contributed by atoms with Crippen LogP contribution in [0.4, 0.5) is 11.6 Å². The van der Waals surface area contributed by atoms with Gasteiger partial charge in [-0.2, -0.15) is 15.0 Å². The standard InChI is InChI=1S/C9H5Cl3N4.C6H10O3.C5H8O2/c10-5-3-1-2-4-6(5)13-9-15-7(11)14-8(12)16-9;1-4(2)6(8)9-5(3)7;1-4(2)5(6)7-3/h1-4H,(H,13,14,15,16);5,7H,1H2,2-3H3;1H2,2-3H3. The molecule has 0 aliphatic rings. The summed E-state index contributed by atoms with van der Waals surface area (Å²) in [7, 11) is 1.33. The summed E-state index contributed by atoms with van der Waals surface area (Å²) < 4.78 is 8.60.